The number of sulfonamides is 1. The van der Waals surface area contributed by atoms with E-state index in [-0.39, 0.29) is 11.7 Å². The molecule has 1 amide bonds. The molecule has 0 spiro atoms. The second kappa shape index (κ2) is 8.67. The minimum Gasteiger partial charge on any atom is -0.341 e. The van der Waals surface area contributed by atoms with Crippen LogP contribution in [0.15, 0.2) is 54.6 Å². The molecule has 0 unspecified atom stereocenters. The molecule has 144 valence electrons. The Labute approximate surface area is 161 Å². The van der Waals surface area contributed by atoms with Gasteiger partial charge in [-0.1, -0.05) is 54.6 Å². The summed E-state index contributed by atoms with van der Waals surface area (Å²) in [6.45, 7) is 3.25. The monoisotopic (exact) mass is 386 g/mol. The second-order valence-corrected chi connectivity index (χ2v) is 8.79. The molecule has 0 saturated carbocycles. The summed E-state index contributed by atoms with van der Waals surface area (Å²) in [6, 6.07) is 15.6. The van der Waals surface area contributed by atoms with Crippen LogP contribution in [0.2, 0.25) is 0 Å². The highest BCUT2D eigenvalue weighted by molar-refractivity contribution is 7.88. The third-order valence-electron chi connectivity index (χ3n) is 4.95. The highest BCUT2D eigenvalue weighted by Gasteiger charge is 2.30. The van der Waals surface area contributed by atoms with Gasteiger partial charge in [0.25, 0.3) is 0 Å². The Bertz CT molecular complexity index is 875. The first-order valence-corrected chi connectivity index (χ1v) is 11.0. The van der Waals surface area contributed by atoms with Gasteiger partial charge in [-0.25, -0.2) is 8.42 Å². The normalized spacial score (nSPS) is 16.1. The molecule has 2 aromatic rings. The Kier molecular flexibility index (Phi) is 6.29. The van der Waals surface area contributed by atoms with Crippen LogP contribution < -0.4 is 4.72 Å². The summed E-state index contributed by atoms with van der Waals surface area (Å²) in [5, 5.41) is 0. The Morgan fingerprint density at radius 3 is 2.30 bits per heavy atom. The molecule has 1 aliphatic heterocycles. The molecule has 1 heterocycles. The third-order valence-corrected chi connectivity index (χ3v) is 6.24. The van der Waals surface area contributed by atoms with E-state index in [0.717, 1.165) is 30.4 Å². The maximum atomic E-state index is 13.1. The summed E-state index contributed by atoms with van der Waals surface area (Å²) in [5.41, 5.74) is 2.32. The molecule has 1 aliphatic rings. The quantitative estimate of drug-likeness (QED) is 0.829. The zero-order chi connectivity index (χ0) is 19.3. The van der Waals surface area contributed by atoms with Crippen molar-refractivity contribution in [2.24, 2.45) is 0 Å². The van der Waals surface area contributed by atoms with Crippen LogP contribution in [0.4, 0.5) is 0 Å². The lowest BCUT2D eigenvalue weighted by molar-refractivity contribution is -0.134. The molecular weight excluding hydrogens is 360 g/mol. The predicted molar refractivity (Wildman–Crippen MR) is 107 cm³/mol. The smallest absolute Gasteiger partial charge is 0.245 e. The summed E-state index contributed by atoms with van der Waals surface area (Å²) >= 11 is 0. The van der Waals surface area contributed by atoms with Crippen LogP contribution in [-0.4, -0.2) is 32.3 Å². The van der Waals surface area contributed by atoms with Crippen LogP contribution in [0, 0.1) is 6.92 Å². The summed E-state index contributed by atoms with van der Waals surface area (Å²) in [7, 11) is -3.69. The SMILES string of the molecule is Cc1ccccc1CS(=O)(=O)N[C@H](C(=O)N1CCCCC1)c1ccccc1. The van der Waals surface area contributed by atoms with Crippen molar-refractivity contribution in [3.8, 4) is 0 Å². The lowest BCUT2D eigenvalue weighted by Gasteiger charge is -2.31. The average Bonchev–Trinajstić information content (AvgIpc) is 2.69. The number of benzene rings is 2. The largest absolute Gasteiger partial charge is 0.341 e. The van der Waals surface area contributed by atoms with Crippen LogP contribution in [0.3, 0.4) is 0 Å². The van der Waals surface area contributed by atoms with Crippen LogP contribution in [-0.2, 0) is 20.6 Å². The average molecular weight is 387 g/mol. The molecule has 1 N–H and O–H groups in total. The van der Waals surface area contributed by atoms with Crippen molar-refractivity contribution in [2.75, 3.05) is 13.1 Å². The van der Waals surface area contributed by atoms with Crippen LogP contribution in [0.1, 0.15) is 42.0 Å². The predicted octanol–water partition coefficient (Wildman–Crippen LogP) is 3.17. The molecular formula is C21H26N2O3S. The molecule has 0 radical (unpaired) electrons. The minimum absolute atomic E-state index is 0.143. The fraction of sp³-hybridized carbons (Fsp3) is 0.381. The van der Waals surface area contributed by atoms with E-state index in [1.165, 1.54) is 0 Å². The Hall–Kier alpha value is -2.18. The van der Waals surface area contributed by atoms with Crippen LogP contribution in [0.5, 0.6) is 0 Å². The second-order valence-electron chi connectivity index (χ2n) is 7.03. The van der Waals surface area contributed by atoms with E-state index >= 15 is 0 Å². The number of nitrogens with one attached hydrogen (secondary N) is 1. The van der Waals surface area contributed by atoms with Gasteiger partial charge in [-0.3, -0.25) is 4.79 Å². The van der Waals surface area contributed by atoms with Gasteiger partial charge in [0.1, 0.15) is 6.04 Å². The molecule has 0 aromatic heterocycles. The van der Waals surface area contributed by atoms with Crippen molar-refractivity contribution < 1.29 is 13.2 Å². The fourth-order valence-corrected chi connectivity index (χ4v) is 4.81. The van der Waals surface area contributed by atoms with Gasteiger partial charge < -0.3 is 4.90 Å². The fourth-order valence-electron chi connectivity index (χ4n) is 3.40. The van der Waals surface area contributed by atoms with Gasteiger partial charge in [0.15, 0.2) is 0 Å². The number of rotatable bonds is 6. The number of carbonyl (C=O) groups excluding carboxylic acids is 1. The van der Waals surface area contributed by atoms with Gasteiger partial charge in [0.2, 0.25) is 15.9 Å². The number of piperidine rings is 1. The van der Waals surface area contributed by atoms with Gasteiger partial charge in [-0.2, -0.15) is 4.72 Å². The topological polar surface area (TPSA) is 66.5 Å². The molecule has 0 aliphatic carbocycles. The molecule has 6 heteroatoms. The van der Waals surface area contributed by atoms with E-state index in [1.54, 1.807) is 23.1 Å². The first-order chi connectivity index (χ1) is 13.0. The van der Waals surface area contributed by atoms with Crippen molar-refractivity contribution in [2.45, 2.75) is 38.0 Å². The first kappa shape index (κ1) is 19.6. The maximum absolute atomic E-state index is 13.1. The molecule has 27 heavy (non-hydrogen) atoms. The molecule has 1 atom stereocenters. The molecule has 2 aromatic carbocycles. The number of nitrogens with zero attached hydrogens (tertiary/aromatic N) is 1. The third kappa shape index (κ3) is 5.17. The van der Waals surface area contributed by atoms with Gasteiger partial charge in [0.05, 0.1) is 5.75 Å². The standard InChI is InChI=1S/C21H26N2O3S/c1-17-10-6-7-13-19(17)16-27(25,26)22-20(18-11-4-2-5-12-18)21(24)23-14-8-3-9-15-23/h2,4-7,10-13,20,22H,3,8-9,14-16H2,1H3/t20-/m0/s1. The van der Waals surface area contributed by atoms with E-state index in [4.69, 9.17) is 0 Å². The molecule has 1 fully saturated rings. The van der Waals surface area contributed by atoms with E-state index in [9.17, 15) is 13.2 Å². The lowest BCUT2D eigenvalue weighted by atomic mass is 10.0. The van der Waals surface area contributed by atoms with Crippen LogP contribution in [0.25, 0.3) is 0 Å². The lowest BCUT2D eigenvalue weighted by Crippen LogP contribution is -2.45. The van der Waals surface area contributed by atoms with Gasteiger partial charge in [-0.05, 0) is 42.9 Å². The van der Waals surface area contributed by atoms with Crippen LogP contribution >= 0.6 is 0 Å². The van der Waals surface area contributed by atoms with Crippen molar-refractivity contribution in [1.82, 2.24) is 9.62 Å². The highest BCUT2D eigenvalue weighted by Crippen LogP contribution is 2.21. The zero-order valence-electron chi connectivity index (χ0n) is 15.6. The number of likely N-dealkylation sites (tertiary alicyclic amines) is 1. The van der Waals surface area contributed by atoms with Crippen molar-refractivity contribution in [3.05, 3.63) is 71.3 Å². The highest BCUT2D eigenvalue weighted by atomic mass is 32.2. The summed E-state index contributed by atoms with van der Waals surface area (Å²) in [4.78, 5) is 14.9. The Morgan fingerprint density at radius 1 is 1.00 bits per heavy atom. The van der Waals surface area contributed by atoms with Gasteiger partial charge in [0, 0.05) is 13.1 Å². The number of aryl methyl sites for hydroxylation is 1. The zero-order valence-corrected chi connectivity index (χ0v) is 16.4. The van der Waals surface area contributed by atoms with Gasteiger partial charge >= 0.3 is 0 Å². The van der Waals surface area contributed by atoms with Gasteiger partial charge in [-0.15, -0.1) is 0 Å². The molecule has 3 rings (SSSR count). The summed E-state index contributed by atoms with van der Waals surface area (Å²) < 4.78 is 28.3. The minimum atomic E-state index is -3.69. The Balaban J connectivity index is 1.84. The molecule has 0 bridgehead atoms. The van der Waals surface area contributed by atoms with Crippen molar-refractivity contribution >= 4 is 15.9 Å². The Morgan fingerprint density at radius 2 is 1.63 bits per heavy atom. The van der Waals surface area contributed by atoms with E-state index in [2.05, 4.69) is 4.72 Å². The van der Waals surface area contributed by atoms with E-state index < -0.39 is 16.1 Å². The number of hydrogen-bond acceptors (Lipinski definition) is 3. The summed E-state index contributed by atoms with van der Waals surface area (Å²) in [6.07, 6.45) is 3.03. The first-order valence-electron chi connectivity index (χ1n) is 9.34. The van der Waals surface area contributed by atoms with E-state index in [0.29, 0.717) is 18.7 Å². The number of hydrogen-bond donors (Lipinski definition) is 1. The number of amides is 1. The van der Waals surface area contributed by atoms with Crippen molar-refractivity contribution in [3.63, 3.8) is 0 Å². The van der Waals surface area contributed by atoms with Crippen molar-refractivity contribution in [1.29, 1.82) is 0 Å². The number of carbonyl (C=O) groups is 1. The molecule has 5 nitrogen and oxygen atoms in total. The van der Waals surface area contributed by atoms with E-state index in [1.807, 2.05) is 43.3 Å². The summed E-state index contributed by atoms with van der Waals surface area (Å²) in [5.74, 6) is -0.315. The molecule has 1 saturated heterocycles. The maximum Gasteiger partial charge on any atom is 0.245 e.